The normalized spacial score (nSPS) is 10.8. The molecule has 26 heavy (non-hydrogen) atoms. The zero-order valence-corrected chi connectivity index (χ0v) is 15.0. The number of aromatic nitrogens is 3. The average molecular weight is 350 g/mol. The molecule has 0 spiro atoms. The number of nitrogens with zero attached hydrogens (tertiary/aromatic N) is 3. The summed E-state index contributed by atoms with van der Waals surface area (Å²) in [4.78, 5) is 28.7. The molecule has 6 nitrogen and oxygen atoms in total. The smallest absolute Gasteiger partial charge is 0.274 e. The van der Waals surface area contributed by atoms with E-state index in [1.54, 1.807) is 30.2 Å². The molecule has 0 aliphatic carbocycles. The van der Waals surface area contributed by atoms with Crippen LogP contribution in [0.15, 0.2) is 59.7 Å². The van der Waals surface area contributed by atoms with Gasteiger partial charge in [0, 0.05) is 31.5 Å². The molecule has 6 heteroatoms. The number of amides is 1. The molecule has 0 atom stereocenters. The number of benzene rings is 1. The van der Waals surface area contributed by atoms with Crippen molar-refractivity contribution in [1.82, 2.24) is 14.3 Å². The third-order valence-corrected chi connectivity index (χ3v) is 4.23. The Morgan fingerprint density at radius 1 is 1.31 bits per heavy atom. The second kappa shape index (κ2) is 7.39. The van der Waals surface area contributed by atoms with Gasteiger partial charge in [0.1, 0.15) is 0 Å². The number of fused-ring (bicyclic) bond motifs is 1. The van der Waals surface area contributed by atoms with E-state index in [2.05, 4.69) is 16.9 Å². The fourth-order valence-corrected chi connectivity index (χ4v) is 2.93. The summed E-state index contributed by atoms with van der Waals surface area (Å²) in [5.74, 6) is -0.0913. The van der Waals surface area contributed by atoms with Crippen LogP contribution in [0.5, 0.6) is 0 Å². The Kier molecular flexibility index (Phi) is 5.02. The molecule has 2 heterocycles. The van der Waals surface area contributed by atoms with E-state index in [-0.39, 0.29) is 11.5 Å². The first kappa shape index (κ1) is 17.7. The molecule has 1 N–H and O–H groups in total. The zero-order chi connectivity index (χ0) is 18.7. The summed E-state index contributed by atoms with van der Waals surface area (Å²) in [6.45, 7) is 6.41. The second-order valence-corrected chi connectivity index (χ2v) is 6.48. The summed E-state index contributed by atoms with van der Waals surface area (Å²) in [7, 11) is 1.73. The van der Waals surface area contributed by atoms with Gasteiger partial charge in [0.2, 0.25) is 5.91 Å². The van der Waals surface area contributed by atoms with Crippen LogP contribution in [0.25, 0.3) is 10.9 Å². The van der Waals surface area contributed by atoms with Crippen molar-refractivity contribution in [2.24, 2.45) is 7.05 Å². The maximum absolute atomic E-state index is 12.5. The zero-order valence-electron chi connectivity index (χ0n) is 15.0. The Bertz CT molecular complexity index is 1020. The lowest BCUT2D eigenvalue weighted by atomic mass is 10.1. The monoisotopic (exact) mass is 350 g/mol. The SMILES string of the molecule is C=C(C)Cn1c2ccc(NC(=O)CCc3cccnc3)cc2c(=O)n1C. The Balaban J connectivity index is 1.77. The molecule has 3 rings (SSSR count). The van der Waals surface area contributed by atoms with Crippen LogP contribution < -0.4 is 10.9 Å². The largest absolute Gasteiger partial charge is 0.326 e. The third-order valence-electron chi connectivity index (χ3n) is 4.23. The van der Waals surface area contributed by atoms with Crippen LogP contribution in [0.2, 0.25) is 0 Å². The van der Waals surface area contributed by atoms with Crippen LogP contribution in [0.4, 0.5) is 5.69 Å². The van der Waals surface area contributed by atoms with Gasteiger partial charge in [-0.05, 0) is 43.2 Å². The van der Waals surface area contributed by atoms with Crippen molar-refractivity contribution in [3.05, 3.63) is 70.8 Å². The van der Waals surface area contributed by atoms with Crippen molar-refractivity contribution >= 4 is 22.5 Å². The molecule has 0 saturated heterocycles. The van der Waals surface area contributed by atoms with Gasteiger partial charge in [0.05, 0.1) is 17.4 Å². The molecule has 0 unspecified atom stereocenters. The Morgan fingerprint density at radius 3 is 2.81 bits per heavy atom. The number of pyridine rings is 1. The summed E-state index contributed by atoms with van der Waals surface area (Å²) in [5, 5.41) is 3.45. The maximum Gasteiger partial charge on any atom is 0.274 e. The Hall–Kier alpha value is -3.15. The lowest BCUT2D eigenvalue weighted by Crippen LogP contribution is -2.19. The number of nitrogens with one attached hydrogen (secondary N) is 1. The lowest BCUT2D eigenvalue weighted by Gasteiger charge is -2.09. The quantitative estimate of drug-likeness (QED) is 0.695. The molecule has 0 fully saturated rings. The van der Waals surface area contributed by atoms with E-state index >= 15 is 0 Å². The van der Waals surface area contributed by atoms with Crippen molar-refractivity contribution in [3.8, 4) is 0 Å². The molecule has 0 radical (unpaired) electrons. The van der Waals surface area contributed by atoms with Gasteiger partial charge >= 0.3 is 0 Å². The predicted octanol–water partition coefficient (Wildman–Crippen LogP) is 2.88. The first-order chi connectivity index (χ1) is 12.5. The van der Waals surface area contributed by atoms with Gasteiger partial charge in [-0.15, -0.1) is 0 Å². The van der Waals surface area contributed by atoms with E-state index in [1.165, 1.54) is 0 Å². The second-order valence-electron chi connectivity index (χ2n) is 6.48. The Labute approximate surface area is 151 Å². The van der Waals surface area contributed by atoms with Crippen LogP contribution in [0.1, 0.15) is 18.9 Å². The highest BCUT2D eigenvalue weighted by Gasteiger charge is 2.12. The minimum Gasteiger partial charge on any atom is -0.326 e. The molecular weight excluding hydrogens is 328 g/mol. The van der Waals surface area contributed by atoms with E-state index in [1.807, 2.05) is 35.9 Å². The number of anilines is 1. The Morgan fingerprint density at radius 2 is 2.12 bits per heavy atom. The highest BCUT2D eigenvalue weighted by Crippen LogP contribution is 2.18. The van der Waals surface area contributed by atoms with Crippen LogP contribution in [-0.4, -0.2) is 20.3 Å². The fourth-order valence-electron chi connectivity index (χ4n) is 2.93. The fraction of sp³-hybridized carbons (Fsp3) is 0.250. The summed E-state index contributed by atoms with van der Waals surface area (Å²) in [6, 6.07) is 9.20. The molecule has 0 saturated carbocycles. The minimum atomic E-state index is -0.0913. The standard InChI is InChI=1S/C20H22N4O2/c1-14(2)13-24-18-8-7-16(11-17(18)20(26)23(24)3)22-19(25)9-6-15-5-4-10-21-12-15/h4-5,7-8,10-12H,1,6,9,13H2,2-3H3,(H,22,25). The first-order valence-electron chi connectivity index (χ1n) is 8.48. The van der Waals surface area contributed by atoms with Gasteiger partial charge in [0.25, 0.3) is 5.56 Å². The number of rotatable bonds is 6. The van der Waals surface area contributed by atoms with E-state index in [0.717, 1.165) is 16.7 Å². The van der Waals surface area contributed by atoms with Crippen molar-refractivity contribution < 1.29 is 4.79 Å². The maximum atomic E-state index is 12.5. The van der Waals surface area contributed by atoms with Crippen LogP contribution in [0, 0.1) is 0 Å². The summed E-state index contributed by atoms with van der Waals surface area (Å²) in [6.07, 6.45) is 4.45. The van der Waals surface area contributed by atoms with Crippen LogP contribution >= 0.6 is 0 Å². The summed E-state index contributed by atoms with van der Waals surface area (Å²) in [5.41, 5.74) is 3.34. The molecule has 0 aliphatic rings. The number of hydrogen-bond acceptors (Lipinski definition) is 3. The van der Waals surface area contributed by atoms with Crippen LogP contribution in [0.3, 0.4) is 0 Å². The minimum absolute atomic E-state index is 0.0901. The number of allylic oxidation sites excluding steroid dienone is 1. The molecule has 3 aromatic rings. The van der Waals surface area contributed by atoms with E-state index in [0.29, 0.717) is 30.5 Å². The van der Waals surface area contributed by atoms with Gasteiger partial charge in [-0.25, -0.2) is 0 Å². The van der Waals surface area contributed by atoms with E-state index in [9.17, 15) is 9.59 Å². The highest BCUT2D eigenvalue weighted by molar-refractivity contribution is 5.93. The van der Waals surface area contributed by atoms with Crippen molar-refractivity contribution in [3.63, 3.8) is 0 Å². The summed E-state index contributed by atoms with van der Waals surface area (Å²) < 4.78 is 3.46. The van der Waals surface area contributed by atoms with Crippen LogP contribution in [-0.2, 0) is 24.8 Å². The number of carbonyl (C=O) groups excluding carboxylic acids is 1. The molecule has 134 valence electrons. The highest BCUT2D eigenvalue weighted by atomic mass is 16.1. The van der Waals surface area contributed by atoms with Gasteiger partial charge in [-0.3, -0.25) is 23.9 Å². The number of carbonyl (C=O) groups is 1. The first-order valence-corrected chi connectivity index (χ1v) is 8.48. The summed E-state index contributed by atoms with van der Waals surface area (Å²) >= 11 is 0. The average Bonchev–Trinajstić information content (AvgIpc) is 2.85. The van der Waals surface area contributed by atoms with E-state index in [4.69, 9.17) is 0 Å². The number of aryl methyl sites for hydroxylation is 1. The third kappa shape index (κ3) is 3.74. The van der Waals surface area contributed by atoms with Gasteiger partial charge in [-0.1, -0.05) is 18.2 Å². The van der Waals surface area contributed by atoms with Crippen molar-refractivity contribution in [1.29, 1.82) is 0 Å². The van der Waals surface area contributed by atoms with Crippen molar-refractivity contribution in [2.75, 3.05) is 5.32 Å². The molecule has 0 aliphatic heterocycles. The lowest BCUT2D eigenvalue weighted by molar-refractivity contribution is -0.116. The molecule has 1 amide bonds. The van der Waals surface area contributed by atoms with Gasteiger partial charge in [0.15, 0.2) is 0 Å². The molecule has 1 aromatic carbocycles. The van der Waals surface area contributed by atoms with Crippen molar-refractivity contribution in [2.45, 2.75) is 26.3 Å². The molecule has 2 aromatic heterocycles. The molecular formula is C20H22N4O2. The molecule has 0 bridgehead atoms. The van der Waals surface area contributed by atoms with Gasteiger partial charge in [-0.2, -0.15) is 0 Å². The topological polar surface area (TPSA) is 68.9 Å². The van der Waals surface area contributed by atoms with E-state index < -0.39 is 0 Å². The predicted molar refractivity (Wildman–Crippen MR) is 103 cm³/mol. The van der Waals surface area contributed by atoms with Gasteiger partial charge < -0.3 is 5.32 Å². The number of hydrogen-bond donors (Lipinski definition) is 1.